The molecule has 0 radical (unpaired) electrons. The summed E-state index contributed by atoms with van der Waals surface area (Å²) in [5.74, 6) is 0. The molecule has 0 saturated carbocycles. The minimum absolute atomic E-state index is 0.823. The number of rotatable bonds is 2. The van der Waals surface area contributed by atoms with Crippen LogP contribution >= 0.6 is 22.9 Å². The predicted molar refractivity (Wildman–Crippen MR) is 115 cm³/mol. The first kappa shape index (κ1) is 15.6. The van der Waals surface area contributed by atoms with Gasteiger partial charge in [0.2, 0.25) is 0 Å². The third-order valence-electron chi connectivity index (χ3n) is 4.74. The second-order valence-electron chi connectivity index (χ2n) is 6.35. The minimum atomic E-state index is 0.823. The third-order valence-corrected chi connectivity index (χ3v) is 6.36. The highest BCUT2D eigenvalue weighted by molar-refractivity contribution is 7.26. The molecule has 0 bridgehead atoms. The number of fused-ring (bicyclic) bond motifs is 3. The molecule has 1 heterocycles. The number of thiophene rings is 1. The fourth-order valence-electron chi connectivity index (χ4n) is 3.54. The van der Waals surface area contributed by atoms with Crippen molar-refractivity contribution < 1.29 is 0 Å². The van der Waals surface area contributed by atoms with Crippen LogP contribution < -0.4 is 0 Å². The van der Waals surface area contributed by atoms with E-state index in [1.807, 2.05) is 12.1 Å². The van der Waals surface area contributed by atoms with Crippen LogP contribution in [0.3, 0.4) is 0 Å². The van der Waals surface area contributed by atoms with E-state index < -0.39 is 0 Å². The Bertz CT molecular complexity index is 1220. The van der Waals surface area contributed by atoms with Crippen LogP contribution in [0, 0.1) is 0 Å². The van der Waals surface area contributed by atoms with Gasteiger partial charge in [-0.2, -0.15) is 0 Å². The maximum Gasteiger partial charge on any atom is 0.0584 e. The van der Waals surface area contributed by atoms with E-state index in [2.05, 4.69) is 78.9 Å². The molecule has 0 amide bonds. The second-order valence-corrected chi connectivity index (χ2v) is 7.81. The molecule has 5 rings (SSSR count). The van der Waals surface area contributed by atoms with E-state index in [9.17, 15) is 0 Å². The molecule has 2 heteroatoms. The van der Waals surface area contributed by atoms with E-state index >= 15 is 0 Å². The molecule has 0 spiro atoms. The first-order valence-corrected chi connectivity index (χ1v) is 9.76. The summed E-state index contributed by atoms with van der Waals surface area (Å²) in [7, 11) is 0. The lowest BCUT2D eigenvalue weighted by molar-refractivity contribution is 1.63. The van der Waals surface area contributed by atoms with Gasteiger partial charge in [-0.25, -0.2) is 0 Å². The molecular formula is C24H15ClS. The molecule has 26 heavy (non-hydrogen) atoms. The summed E-state index contributed by atoms with van der Waals surface area (Å²) < 4.78 is 2.43. The third kappa shape index (κ3) is 2.52. The van der Waals surface area contributed by atoms with Crippen LogP contribution in [-0.4, -0.2) is 0 Å². The Hall–Kier alpha value is -2.61. The Morgan fingerprint density at radius 1 is 0.615 bits per heavy atom. The highest BCUT2D eigenvalue weighted by atomic mass is 35.5. The van der Waals surface area contributed by atoms with Crippen molar-refractivity contribution in [3.8, 4) is 22.3 Å². The van der Waals surface area contributed by atoms with Crippen molar-refractivity contribution in [3.05, 3.63) is 96.0 Å². The van der Waals surface area contributed by atoms with E-state index in [0.717, 1.165) is 9.72 Å². The zero-order valence-corrected chi connectivity index (χ0v) is 15.5. The average molecular weight is 371 g/mol. The van der Waals surface area contributed by atoms with Gasteiger partial charge < -0.3 is 0 Å². The lowest BCUT2D eigenvalue weighted by Gasteiger charge is -2.09. The first-order valence-electron chi connectivity index (χ1n) is 8.57. The Kier molecular flexibility index (Phi) is 3.77. The van der Waals surface area contributed by atoms with Crippen molar-refractivity contribution in [3.63, 3.8) is 0 Å². The number of halogens is 1. The van der Waals surface area contributed by atoms with Gasteiger partial charge in [-0.05, 0) is 40.5 Å². The Morgan fingerprint density at radius 3 is 2.04 bits per heavy atom. The van der Waals surface area contributed by atoms with Crippen LogP contribution in [0.2, 0.25) is 5.02 Å². The number of hydrogen-bond donors (Lipinski definition) is 0. The average Bonchev–Trinajstić information content (AvgIpc) is 3.09. The molecule has 1 aromatic heterocycles. The molecule has 0 aliphatic carbocycles. The molecule has 0 aliphatic heterocycles. The molecule has 4 aromatic carbocycles. The van der Waals surface area contributed by atoms with Crippen molar-refractivity contribution >= 4 is 43.1 Å². The monoisotopic (exact) mass is 370 g/mol. The van der Waals surface area contributed by atoms with Crippen LogP contribution in [0.1, 0.15) is 0 Å². The zero-order chi connectivity index (χ0) is 17.5. The normalized spacial score (nSPS) is 11.3. The largest absolute Gasteiger partial charge is 0.134 e. The van der Waals surface area contributed by atoms with Crippen molar-refractivity contribution in [2.24, 2.45) is 0 Å². The van der Waals surface area contributed by atoms with E-state index in [1.54, 1.807) is 11.3 Å². The molecule has 0 nitrogen and oxygen atoms in total. The van der Waals surface area contributed by atoms with Gasteiger partial charge in [0, 0.05) is 15.5 Å². The molecule has 0 fully saturated rings. The maximum absolute atomic E-state index is 6.49. The minimum Gasteiger partial charge on any atom is -0.134 e. The summed E-state index contributed by atoms with van der Waals surface area (Å²) in [6.45, 7) is 0. The molecule has 0 saturated heterocycles. The van der Waals surface area contributed by atoms with Crippen LogP contribution in [0.25, 0.3) is 42.4 Å². The summed E-state index contributed by atoms with van der Waals surface area (Å²) in [5, 5.41) is 3.35. The molecular weight excluding hydrogens is 356 g/mol. The molecule has 0 aliphatic rings. The Labute approximate surface area is 161 Å². The lowest BCUT2D eigenvalue weighted by Crippen LogP contribution is -1.83. The maximum atomic E-state index is 6.49. The van der Waals surface area contributed by atoms with E-state index in [4.69, 9.17) is 11.6 Å². The fourth-order valence-corrected chi connectivity index (χ4v) is 5.00. The highest BCUT2D eigenvalue weighted by Gasteiger charge is 2.14. The van der Waals surface area contributed by atoms with Gasteiger partial charge in [0.25, 0.3) is 0 Å². The topological polar surface area (TPSA) is 0 Å². The van der Waals surface area contributed by atoms with E-state index in [1.165, 1.54) is 37.7 Å². The SMILES string of the molecule is Clc1cccc2c1sc1cc(-c3ccccc3)cc(-c3ccccc3)c12. The molecule has 0 atom stereocenters. The highest BCUT2D eigenvalue weighted by Crippen LogP contribution is 2.44. The van der Waals surface area contributed by atoms with Gasteiger partial charge in [-0.3, -0.25) is 0 Å². The van der Waals surface area contributed by atoms with Crippen molar-refractivity contribution in [2.75, 3.05) is 0 Å². The molecule has 5 aromatic rings. The van der Waals surface area contributed by atoms with Crippen LogP contribution in [0.5, 0.6) is 0 Å². The predicted octanol–water partition coefficient (Wildman–Crippen LogP) is 8.04. The summed E-state index contributed by atoms with van der Waals surface area (Å²) in [4.78, 5) is 0. The van der Waals surface area contributed by atoms with Crippen LogP contribution in [0.4, 0.5) is 0 Å². The summed E-state index contributed by atoms with van der Waals surface area (Å²) in [6.07, 6.45) is 0. The van der Waals surface area contributed by atoms with Crippen LogP contribution in [-0.2, 0) is 0 Å². The fraction of sp³-hybridized carbons (Fsp3) is 0. The van der Waals surface area contributed by atoms with Crippen molar-refractivity contribution in [2.45, 2.75) is 0 Å². The summed E-state index contributed by atoms with van der Waals surface area (Å²) >= 11 is 8.27. The summed E-state index contributed by atoms with van der Waals surface area (Å²) in [6, 6.07) is 31.9. The number of benzene rings is 4. The van der Waals surface area contributed by atoms with E-state index in [-0.39, 0.29) is 0 Å². The van der Waals surface area contributed by atoms with Gasteiger partial charge in [-0.1, -0.05) is 84.4 Å². The quantitative estimate of drug-likeness (QED) is 0.295. The summed E-state index contributed by atoms with van der Waals surface area (Å²) in [5.41, 5.74) is 4.96. The van der Waals surface area contributed by atoms with Crippen LogP contribution in [0.15, 0.2) is 91.0 Å². The second kappa shape index (κ2) is 6.28. The van der Waals surface area contributed by atoms with Gasteiger partial charge in [0.1, 0.15) is 0 Å². The van der Waals surface area contributed by atoms with Gasteiger partial charge in [-0.15, -0.1) is 11.3 Å². The Morgan fingerprint density at radius 2 is 1.31 bits per heavy atom. The molecule has 0 unspecified atom stereocenters. The van der Waals surface area contributed by atoms with Crippen molar-refractivity contribution in [1.29, 1.82) is 0 Å². The zero-order valence-electron chi connectivity index (χ0n) is 13.9. The Balaban J connectivity index is 1.92. The lowest BCUT2D eigenvalue weighted by atomic mass is 9.95. The van der Waals surface area contributed by atoms with Gasteiger partial charge >= 0.3 is 0 Å². The van der Waals surface area contributed by atoms with Crippen molar-refractivity contribution in [1.82, 2.24) is 0 Å². The molecule has 0 N–H and O–H groups in total. The first-order chi connectivity index (χ1) is 12.8. The molecule has 124 valence electrons. The standard InChI is InChI=1S/C24H15ClS/c25-21-13-7-12-19-23-20(17-10-5-2-6-11-17)14-18(15-22(23)26-24(19)21)16-8-3-1-4-9-16/h1-15H. The smallest absolute Gasteiger partial charge is 0.0584 e. The number of hydrogen-bond acceptors (Lipinski definition) is 1. The van der Waals surface area contributed by atoms with Gasteiger partial charge in [0.15, 0.2) is 0 Å². The van der Waals surface area contributed by atoms with E-state index in [0.29, 0.717) is 0 Å². The van der Waals surface area contributed by atoms with Gasteiger partial charge in [0.05, 0.1) is 9.72 Å².